The Morgan fingerprint density at radius 1 is 1.10 bits per heavy atom. The molecule has 0 saturated carbocycles. The lowest BCUT2D eigenvalue weighted by Crippen LogP contribution is -2.18. The first-order valence-electron chi connectivity index (χ1n) is 9.34. The van der Waals surface area contributed by atoms with E-state index < -0.39 is 5.97 Å². The number of hydrogen-bond donors (Lipinski definition) is 2. The number of aromatic nitrogens is 2. The molecule has 7 nitrogen and oxygen atoms in total. The van der Waals surface area contributed by atoms with Crippen molar-refractivity contribution < 1.29 is 14.6 Å². The van der Waals surface area contributed by atoms with Crippen LogP contribution in [0.1, 0.15) is 21.5 Å². The summed E-state index contributed by atoms with van der Waals surface area (Å²) in [6.07, 6.45) is 0. The van der Waals surface area contributed by atoms with Crippen molar-refractivity contribution in [2.24, 2.45) is 0 Å². The topological polar surface area (TPSA) is 87.6 Å². The van der Waals surface area contributed by atoms with Crippen molar-refractivity contribution in [3.05, 3.63) is 71.3 Å². The maximum Gasteiger partial charge on any atom is 0.342 e. The number of aromatic carboxylic acids is 1. The molecule has 0 fully saturated rings. The number of thioether (sulfide) groups is 1. The lowest BCUT2D eigenvalue weighted by Gasteiger charge is -2.17. The molecule has 0 radical (unpaired) electrons. The van der Waals surface area contributed by atoms with Crippen LogP contribution in [0.4, 0.5) is 11.8 Å². The summed E-state index contributed by atoms with van der Waals surface area (Å²) < 4.78 is 5.25. The second kappa shape index (κ2) is 9.98. The Morgan fingerprint density at radius 3 is 2.50 bits per heavy atom. The van der Waals surface area contributed by atoms with E-state index in [1.807, 2.05) is 68.7 Å². The van der Waals surface area contributed by atoms with Gasteiger partial charge in [0.1, 0.15) is 22.2 Å². The second-order valence-electron chi connectivity index (χ2n) is 6.73. The number of methoxy groups -OCH3 is 1. The first-order valence-corrected chi connectivity index (χ1v) is 10.3. The van der Waals surface area contributed by atoms with Crippen molar-refractivity contribution in [3.8, 4) is 5.75 Å². The van der Waals surface area contributed by atoms with Gasteiger partial charge in [0.15, 0.2) is 0 Å². The van der Waals surface area contributed by atoms with Crippen LogP contribution in [0.25, 0.3) is 0 Å². The molecule has 1 aromatic heterocycles. The second-order valence-corrected chi connectivity index (χ2v) is 7.70. The number of nitrogens with one attached hydrogen (secondary N) is 1. The maximum absolute atomic E-state index is 12.1. The number of carbonyl (C=O) groups is 1. The van der Waals surface area contributed by atoms with Crippen LogP contribution in [0.15, 0.2) is 59.6 Å². The number of carboxylic acids is 1. The van der Waals surface area contributed by atoms with Crippen molar-refractivity contribution in [2.75, 3.05) is 31.4 Å². The van der Waals surface area contributed by atoms with E-state index in [0.29, 0.717) is 29.1 Å². The van der Waals surface area contributed by atoms with Crippen molar-refractivity contribution in [1.82, 2.24) is 9.97 Å². The standard InChI is InChI=1S/C22H24N4O3S/c1-26(2)22-24-19(23-13-16-10-7-11-17(12-16)29-3)18(21(27)28)20(25-22)30-14-15-8-5-4-6-9-15/h4-12H,13-14H2,1-3H3,(H,27,28)(H,23,24,25). The Labute approximate surface area is 180 Å². The zero-order valence-corrected chi connectivity index (χ0v) is 17.9. The van der Waals surface area contributed by atoms with Crippen LogP contribution in [0, 0.1) is 0 Å². The highest BCUT2D eigenvalue weighted by molar-refractivity contribution is 7.98. The molecular formula is C22H24N4O3S. The summed E-state index contributed by atoms with van der Waals surface area (Å²) in [6.45, 7) is 0.407. The average Bonchev–Trinajstić information content (AvgIpc) is 2.76. The van der Waals surface area contributed by atoms with E-state index >= 15 is 0 Å². The van der Waals surface area contributed by atoms with Crippen LogP contribution in [-0.2, 0) is 12.3 Å². The third kappa shape index (κ3) is 5.42. The lowest BCUT2D eigenvalue weighted by atomic mass is 10.2. The van der Waals surface area contributed by atoms with Crippen molar-refractivity contribution in [1.29, 1.82) is 0 Å². The van der Waals surface area contributed by atoms with Crippen LogP contribution >= 0.6 is 11.8 Å². The molecule has 2 N–H and O–H groups in total. The SMILES string of the molecule is COc1cccc(CNc2nc(N(C)C)nc(SCc3ccccc3)c2C(=O)O)c1. The number of rotatable bonds is 9. The van der Waals surface area contributed by atoms with Crippen LogP contribution in [-0.4, -0.2) is 42.2 Å². The summed E-state index contributed by atoms with van der Waals surface area (Å²) in [7, 11) is 5.26. The number of benzene rings is 2. The van der Waals surface area contributed by atoms with Crippen LogP contribution < -0.4 is 15.0 Å². The molecule has 30 heavy (non-hydrogen) atoms. The van der Waals surface area contributed by atoms with Gasteiger partial charge in [0.2, 0.25) is 5.95 Å². The van der Waals surface area contributed by atoms with Gasteiger partial charge in [0.05, 0.1) is 7.11 Å². The van der Waals surface area contributed by atoms with Crippen LogP contribution in [0.3, 0.4) is 0 Å². The van der Waals surface area contributed by atoms with Gasteiger partial charge in [-0.15, -0.1) is 11.8 Å². The Balaban J connectivity index is 1.91. The molecule has 2 aromatic carbocycles. The molecule has 0 unspecified atom stereocenters. The van der Waals surface area contributed by atoms with Gasteiger partial charge in [-0.05, 0) is 23.3 Å². The summed E-state index contributed by atoms with van der Waals surface area (Å²) in [5.74, 6) is 1.02. The smallest absolute Gasteiger partial charge is 0.342 e. The minimum absolute atomic E-state index is 0.0735. The Hall–Kier alpha value is -3.26. The van der Waals surface area contributed by atoms with Crippen LogP contribution in [0.5, 0.6) is 5.75 Å². The van der Waals surface area contributed by atoms with Gasteiger partial charge in [-0.3, -0.25) is 0 Å². The molecular weight excluding hydrogens is 400 g/mol. The van der Waals surface area contributed by atoms with Gasteiger partial charge < -0.3 is 20.1 Å². The number of ether oxygens (including phenoxy) is 1. The van der Waals surface area contributed by atoms with Gasteiger partial charge in [0, 0.05) is 26.4 Å². The quantitative estimate of drug-likeness (QED) is 0.391. The van der Waals surface area contributed by atoms with Gasteiger partial charge in [-0.2, -0.15) is 4.98 Å². The van der Waals surface area contributed by atoms with E-state index in [1.165, 1.54) is 11.8 Å². The zero-order chi connectivity index (χ0) is 21.5. The Kier molecular flexibility index (Phi) is 7.13. The molecule has 0 atom stereocenters. The predicted octanol–water partition coefficient (Wildman–Crippen LogP) is 4.15. The van der Waals surface area contributed by atoms with Gasteiger partial charge in [0.25, 0.3) is 0 Å². The summed E-state index contributed by atoms with van der Waals surface area (Å²) in [6, 6.07) is 17.5. The molecule has 3 aromatic rings. The molecule has 0 spiro atoms. The average molecular weight is 425 g/mol. The van der Waals surface area contributed by atoms with E-state index in [9.17, 15) is 9.90 Å². The van der Waals surface area contributed by atoms with Gasteiger partial charge >= 0.3 is 5.97 Å². The third-order valence-corrected chi connectivity index (χ3v) is 5.34. The van der Waals surface area contributed by atoms with Crippen molar-refractivity contribution >= 4 is 29.5 Å². The van der Waals surface area contributed by atoms with E-state index in [2.05, 4.69) is 15.3 Å². The molecule has 0 amide bonds. The van der Waals surface area contributed by atoms with E-state index in [0.717, 1.165) is 16.9 Å². The molecule has 0 saturated heterocycles. The van der Waals surface area contributed by atoms with Crippen molar-refractivity contribution in [3.63, 3.8) is 0 Å². The molecule has 0 aliphatic rings. The monoisotopic (exact) mass is 424 g/mol. The van der Waals surface area contributed by atoms with E-state index in [-0.39, 0.29) is 5.56 Å². The van der Waals surface area contributed by atoms with E-state index in [4.69, 9.17) is 4.74 Å². The minimum Gasteiger partial charge on any atom is -0.497 e. The highest BCUT2D eigenvalue weighted by Crippen LogP contribution is 2.30. The van der Waals surface area contributed by atoms with Crippen LogP contribution in [0.2, 0.25) is 0 Å². The summed E-state index contributed by atoms with van der Waals surface area (Å²) >= 11 is 1.38. The minimum atomic E-state index is -1.07. The van der Waals surface area contributed by atoms with Crippen molar-refractivity contribution in [2.45, 2.75) is 17.3 Å². The summed E-state index contributed by atoms with van der Waals surface area (Å²) in [4.78, 5) is 22.8. The Bertz CT molecular complexity index is 1010. The fraction of sp³-hybridized carbons (Fsp3) is 0.227. The fourth-order valence-corrected chi connectivity index (χ4v) is 3.72. The molecule has 0 aliphatic carbocycles. The summed E-state index contributed by atoms with van der Waals surface area (Å²) in [5, 5.41) is 13.5. The number of carboxylic acid groups (broad SMARTS) is 1. The maximum atomic E-state index is 12.1. The summed E-state index contributed by atoms with van der Waals surface area (Å²) in [5.41, 5.74) is 2.12. The normalized spacial score (nSPS) is 10.5. The predicted molar refractivity (Wildman–Crippen MR) is 120 cm³/mol. The zero-order valence-electron chi connectivity index (χ0n) is 17.1. The molecule has 156 valence electrons. The molecule has 1 heterocycles. The fourth-order valence-electron chi connectivity index (χ4n) is 2.75. The number of hydrogen-bond acceptors (Lipinski definition) is 7. The number of nitrogens with zero attached hydrogens (tertiary/aromatic N) is 3. The highest BCUT2D eigenvalue weighted by atomic mass is 32.2. The number of anilines is 2. The van der Waals surface area contributed by atoms with E-state index in [1.54, 1.807) is 12.0 Å². The third-order valence-electron chi connectivity index (χ3n) is 4.29. The lowest BCUT2D eigenvalue weighted by molar-refractivity contribution is 0.0693. The highest BCUT2D eigenvalue weighted by Gasteiger charge is 2.22. The molecule has 8 heteroatoms. The largest absolute Gasteiger partial charge is 0.497 e. The molecule has 3 rings (SSSR count). The van der Waals surface area contributed by atoms with Gasteiger partial charge in [-0.1, -0.05) is 42.5 Å². The Morgan fingerprint density at radius 2 is 1.83 bits per heavy atom. The molecule has 0 bridgehead atoms. The molecule has 0 aliphatic heterocycles. The first-order chi connectivity index (χ1) is 14.5. The van der Waals surface area contributed by atoms with Gasteiger partial charge in [-0.25, -0.2) is 9.78 Å². The first kappa shape index (κ1) is 21.4.